The third-order valence-corrected chi connectivity index (χ3v) is 3.58. The van der Waals surface area contributed by atoms with Crippen LogP contribution in [-0.4, -0.2) is 5.91 Å². The summed E-state index contributed by atoms with van der Waals surface area (Å²) >= 11 is 3.38. The molecule has 100 valence electrons. The molecular weight excluding hydrogens is 320 g/mol. The van der Waals surface area contributed by atoms with Crippen LogP contribution in [0.2, 0.25) is 0 Å². The first-order valence-electron chi connectivity index (χ1n) is 5.98. The molecule has 0 fully saturated rings. The van der Waals surface area contributed by atoms with Crippen LogP contribution in [0.15, 0.2) is 57.4 Å². The fourth-order valence-corrected chi connectivity index (χ4v) is 2.30. The number of hydrogen-bond donors (Lipinski definition) is 2. The maximum Gasteiger partial charge on any atom is 0.291 e. The van der Waals surface area contributed by atoms with E-state index in [9.17, 15) is 4.79 Å². The molecule has 3 aromatic rings. The number of hydrogen-bond acceptors (Lipinski definition) is 3. The molecule has 1 heterocycles. The van der Waals surface area contributed by atoms with Crippen molar-refractivity contribution in [2.24, 2.45) is 0 Å². The Morgan fingerprint density at radius 3 is 2.75 bits per heavy atom. The van der Waals surface area contributed by atoms with Gasteiger partial charge < -0.3 is 15.5 Å². The summed E-state index contributed by atoms with van der Waals surface area (Å²) in [7, 11) is 0. The maximum absolute atomic E-state index is 12.2. The number of nitrogens with two attached hydrogens (primary N) is 1. The molecule has 0 aliphatic heterocycles. The fraction of sp³-hybridized carbons (Fsp3) is 0. The molecule has 0 unspecified atom stereocenters. The minimum absolute atomic E-state index is 0.251. The van der Waals surface area contributed by atoms with Gasteiger partial charge >= 0.3 is 0 Å². The number of amides is 1. The van der Waals surface area contributed by atoms with Crippen LogP contribution in [0.25, 0.3) is 11.0 Å². The predicted molar refractivity (Wildman–Crippen MR) is 82.7 cm³/mol. The molecule has 5 heteroatoms. The van der Waals surface area contributed by atoms with Crippen LogP contribution in [0.1, 0.15) is 10.6 Å². The quantitative estimate of drug-likeness (QED) is 0.697. The number of para-hydroxylation sites is 1. The first kappa shape index (κ1) is 12.7. The van der Waals surface area contributed by atoms with E-state index in [0.29, 0.717) is 17.0 Å². The van der Waals surface area contributed by atoms with E-state index in [1.165, 1.54) is 0 Å². The zero-order valence-corrected chi connectivity index (χ0v) is 12.0. The van der Waals surface area contributed by atoms with Gasteiger partial charge in [0.25, 0.3) is 5.91 Å². The Hall–Kier alpha value is -2.27. The molecule has 1 amide bonds. The highest BCUT2D eigenvalue weighted by Gasteiger charge is 2.13. The SMILES string of the molecule is Nc1ccc2oc(C(=O)Nc3ccccc3Br)cc2c1. The Kier molecular flexibility index (Phi) is 3.20. The number of carbonyl (C=O) groups excluding carboxylic acids is 1. The molecule has 0 atom stereocenters. The molecule has 0 bridgehead atoms. The van der Waals surface area contributed by atoms with E-state index >= 15 is 0 Å². The second-order valence-electron chi connectivity index (χ2n) is 4.34. The fourth-order valence-electron chi connectivity index (χ4n) is 1.92. The van der Waals surface area contributed by atoms with Crippen molar-refractivity contribution in [2.45, 2.75) is 0 Å². The number of nitrogen functional groups attached to an aromatic ring is 1. The lowest BCUT2D eigenvalue weighted by atomic mass is 10.2. The number of halogens is 1. The number of nitrogens with one attached hydrogen (secondary N) is 1. The number of furan rings is 1. The van der Waals surface area contributed by atoms with E-state index < -0.39 is 0 Å². The topological polar surface area (TPSA) is 68.3 Å². The molecule has 2 aromatic carbocycles. The highest BCUT2D eigenvalue weighted by atomic mass is 79.9. The average Bonchev–Trinajstić information content (AvgIpc) is 2.84. The average molecular weight is 331 g/mol. The van der Waals surface area contributed by atoms with E-state index in [-0.39, 0.29) is 11.7 Å². The number of benzene rings is 2. The number of fused-ring (bicyclic) bond motifs is 1. The highest BCUT2D eigenvalue weighted by Crippen LogP contribution is 2.25. The van der Waals surface area contributed by atoms with E-state index in [1.807, 2.05) is 24.3 Å². The zero-order valence-electron chi connectivity index (χ0n) is 10.4. The summed E-state index contributed by atoms with van der Waals surface area (Å²) in [6.07, 6.45) is 0. The standard InChI is InChI=1S/C15H11BrN2O2/c16-11-3-1-2-4-12(11)18-15(19)14-8-9-7-10(17)5-6-13(9)20-14/h1-8H,17H2,(H,18,19). The molecule has 0 aliphatic rings. The molecule has 0 saturated carbocycles. The molecule has 3 rings (SSSR count). The van der Waals surface area contributed by atoms with Crippen molar-refractivity contribution in [3.05, 3.63) is 58.8 Å². The third kappa shape index (κ3) is 2.40. The van der Waals surface area contributed by atoms with Crippen molar-refractivity contribution >= 4 is 44.2 Å². The second kappa shape index (κ2) is 5.02. The van der Waals surface area contributed by atoms with Crippen LogP contribution in [0.5, 0.6) is 0 Å². The molecule has 0 aliphatic carbocycles. The summed E-state index contributed by atoms with van der Waals surface area (Å²) in [5.41, 5.74) is 7.67. The van der Waals surface area contributed by atoms with Gasteiger partial charge in [0.05, 0.1) is 5.69 Å². The Balaban J connectivity index is 1.91. The first-order chi connectivity index (χ1) is 9.63. The molecular formula is C15H11BrN2O2. The van der Waals surface area contributed by atoms with Gasteiger partial charge in [-0.05, 0) is 52.3 Å². The number of rotatable bonds is 2. The van der Waals surface area contributed by atoms with Crippen molar-refractivity contribution < 1.29 is 9.21 Å². The summed E-state index contributed by atoms with van der Waals surface area (Å²) in [5, 5.41) is 3.60. The normalized spacial score (nSPS) is 10.7. The Morgan fingerprint density at radius 2 is 1.95 bits per heavy atom. The smallest absolute Gasteiger partial charge is 0.291 e. The van der Waals surface area contributed by atoms with Gasteiger partial charge in [-0.25, -0.2) is 0 Å². The lowest BCUT2D eigenvalue weighted by Crippen LogP contribution is -2.11. The van der Waals surface area contributed by atoms with Crippen molar-refractivity contribution in [3.63, 3.8) is 0 Å². The lowest BCUT2D eigenvalue weighted by Gasteiger charge is -2.04. The van der Waals surface area contributed by atoms with Crippen molar-refractivity contribution in [3.8, 4) is 0 Å². The summed E-state index contributed by atoms with van der Waals surface area (Å²) in [4.78, 5) is 12.2. The Morgan fingerprint density at radius 1 is 1.15 bits per heavy atom. The Bertz CT molecular complexity index is 795. The number of carbonyl (C=O) groups is 1. The summed E-state index contributed by atoms with van der Waals surface area (Å²) in [6.45, 7) is 0. The van der Waals surface area contributed by atoms with Crippen LogP contribution in [0.3, 0.4) is 0 Å². The predicted octanol–water partition coefficient (Wildman–Crippen LogP) is 4.03. The van der Waals surface area contributed by atoms with Gasteiger partial charge in [-0.2, -0.15) is 0 Å². The van der Waals surface area contributed by atoms with Gasteiger partial charge in [0.1, 0.15) is 5.58 Å². The molecule has 0 spiro atoms. The molecule has 20 heavy (non-hydrogen) atoms. The van der Waals surface area contributed by atoms with Crippen molar-refractivity contribution in [1.29, 1.82) is 0 Å². The van der Waals surface area contributed by atoms with E-state index in [1.54, 1.807) is 24.3 Å². The van der Waals surface area contributed by atoms with Gasteiger partial charge in [0.2, 0.25) is 0 Å². The third-order valence-electron chi connectivity index (χ3n) is 2.89. The second-order valence-corrected chi connectivity index (χ2v) is 5.20. The highest BCUT2D eigenvalue weighted by molar-refractivity contribution is 9.10. The van der Waals surface area contributed by atoms with Crippen molar-refractivity contribution in [2.75, 3.05) is 11.1 Å². The van der Waals surface area contributed by atoms with Gasteiger partial charge in [-0.3, -0.25) is 4.79 Å². The maximum atomic E-state index is 12.2. The van der Waals surface area contributed by atoms with Gasteiger partial charge in [-0.15, -0.1) is 0 Å². The van der Waals surface area contributed by atoms with Crippen LogP contribution < -0.4 is 11.1 Å². The molecule has 1 aromatic heterocycles. The monoisotopic (exact) mass is 330 g/mol. The van der Waals surface area contributed by atoms with E-state index in [0.717, 1.165) is 9.86 Å². The van der Waals surface area contributed by atoms with Gasteiger partial charge in [-0.1, -0.05) is 12.1 Å². The van der Waals surface area contributed by atoms with E-state index in [4.69, 9.17) is 10.2 Å². The van der Waals surface area contributed by atoms with Crippen LogP contribution in [0, 0.1) is 0 Å². The Labute approximate surface area is 123 Å². The van der Waals surface area contributed by atoms with Crippen LogP contribution in [0.4, 0.5) is 11.4 Å². The van der Waals surface area contributed by atoms with Crippen LogP contribution >= 0.6 is 15.9 Å². The number of anilines is 2. The summed E-state index contributed by atoms with van der Waals surface area (Å²) in [5.74, 6) is -0.0481. The first-order valence-corrected chi connectivity index (χ1v) is 6.78. The minimum atomic E-state index is -0.299. The molecule has 3 N–H and O–H groups in total. The molecule has 0 radical (unpaired) electrons. The minimum Gasteiger partial charge on any atom is -0.451 e. The van der Waals surface area contributed by atoms with Crippen molar-refractivity contribution in [1.82, 2.24) is 0 Å². The van der Waals surface area contributed by atoms with Crippen LogP contribution in [-0.2, 0) is 0 Å². The molecule has 4 nitrogen and oxygen atoms in total. The summed E-state index contributed by atoms with van der Waals surface area (Å²) < 4.78 is 6.33. The zero-order chi connectivity index (χ0) is 14.1. The largest absolute Gasteiger partial charge is 0.451 e. The van der Waals surface area contributed by atoms with Gasteiger partial charge in [0.15, 0.2) is 5.76 Å². The molecule has 0 saturated heterocycles. The van der Waals surface area contributed by atoms with E-state index in [2.05, 4.69) is 21.2 Å². The van der Waals surface area contributed by atoms with Gasteiger partial charge in [0, 0.05) is 15.5 Å². The lowest BCUT2D eigenvalue weighted by molar-refractivity contribution is 0.0998. The summed E-state index contributed by atoms with van der Waals surface area (Å²) in [6, 6.07) is 14.3.